The van der Waals surface area contributed by atoms with Gasteiger partial charge in [0.25, 0.3) is 5.91 Å². The first-order valence-corrected chi connectivity index (χ1v) is 9.58. The van der Waals surface area contributed by atoms with Crippen molar-refractivity contribution < 1.29 is 13.9 Å². The minimum Gasteiger partial charge on any atom is -0.496 e. The van der Waals surface area contributed by atoms with Crippen molar-refractivity contribution in [2.45, 2.75) is 32.7 Å². The molecule has 0 aliphatic carbocycles. The smallest absolute Gasteiger partial charge is 0.252 e. The Hall–Kier alpha value is -3.22. The summed E-state index contributed by atoms with van der Waals surface area (Å²) >= 11 is 0. The molecular weight excluding hydrogens is 371 g/mol. The van der Waals surface area contributed by atoms with Gasteiger partial charge in [0.1, 0.15) is 17.4 Å². The highest BCUT2D eigenvalue weighted by molar-refractivity contribution is 5.94. The fourth-order valence-electron chi connectivity index (χ4n) is 3.13. The maximum absolute atomic E-state index is 13.6. The van der Waals surface area contributed by atoms with Crippen molar-refractivity contribution in [3.8, 4) is 17.0 Å². The number of imidazole rings is 1. The predicted molar refractivity (Wildman–Crippen MR) is 109 cm³/mol. The molecule has 7 heteroatoms. The fourth-order valence-corrected chi connectivity index (χ4v) is 3.13. The van der Waals surface area contributed by atoms with E-state index in [4.69, 9.17) is 4.74 Å². The number of halogens is 1. The van der Waals surface area contributed by atoms with Crippen LogP contribution in [0.3, 0.4) is 0 Å². The second-order valence-electron chi connectivity index (χ2n) is 7.02. The molecule has 152 valence electrons. The van der Waals surface area contributed by atoms with Crippen LogP contribution in [0.1, 0.15) is 42.4 Å². The molecule has 1 N–H and O–H groups in total. The third kappa shape index (κ3) is 4.99. The van der Waals surface area contributed by atoms with E-state index in [1.165, 1.54) is 25.4 Å². The first-order valence-electron chi connectivity index (χ1n) is 9.58. The molecule has 0 spiro atoms. The number of aryl methyl sites for hydroxylation is 1. The minimum absolute atomic E-state index is 0.190. The molecule has 3 rings (SSSR count). The Bertz CT molecular complexity index is 967. The van der Waals surface area contributed by atoms with Gasteiger partial charge in [-0.15, -0.1) is 0 Å². The largest absolute Gasteiger partial charge is 0.496 e. The SMILES string of the molecule is COc1ccc(F)cc1-c1ccc(C(=O)NCCCn2ccnc2C(C)C)cn1. The second-order valence-corrected chi connectivity index (χ2v) is 7.02. The standard InChI is InChI=1S/C22H25FN4O2/c1-15(2)21-24-10-12-27(21)11-4-9-25-22(28)16-5-7-19(26-14-16)18-13-17(23)6-8-20(18)29-3/h5-8,10,12-15H,4,9,11H2,1-3H3,(H,25,28). The summed E-state index contributed by atoms with van der Waals surface area (Å²) in [6.45, 7) is 5.56. The van der Waals surface area contributed by atoms with Crippen LogP contribution in [0.2, 0.25) is 0 Å². The fraction of sp³-hybridized carbons (Fsp3) is 0.318. The molecule has 0 saturated carbocycles. The number of benzene rings is 1. The van der Waals surface area contributed by atoms with Crippen LogP contribution >= 0.6 is 0 Å². The summed E-state index contributed by atoms with van der Waals surface area (Å²) in [4.78, 5) is 21.0. The summed E-state index contributed by atoms with van der Waals surface area (Å²) in [6, 6.07) is 7.61. The van der Waals surface area contributed by atoms with Gasteiger partial charge in [-0.1, -0.05) is 13.8 Å². The Morgan fingerprint density at radius 2 is 2.07 bits per heavy atom. The zero-order valence-electron chi connectivity index (χ0n) is 16.9. The molecule has 2 heterocycles. The molecule has 0 bridgehead atoms. The Morgan fingerprint density at radius 3 is 2.76 bits per heavy atom. The number of hydrogen-bond acceptors (Lipinski definition) is 4. The molecule has 6 nitrogen and oxygen atoms in total. The quantitative estimate of drug-likeness (QED) is 0.584. The highest BCUT2D eigenvalue weighted by Crippen LogP contribution is 2.29. The van der Waals surface area contributed by atoms with E-state index in [2.05, 4.69) is 33.7 Å². The number of methoxy groups -OCH3 is 1. The second kappa shape index (κ2) is 9.32. The van der Waals surface area contributed by atoms with Gasteiger partial charge < -0.3 is 14.6 Å². The first kappa shape index (κ1) is 20.5. The summed E-state index contributed by atoms with van der Waals surface area (Å²) in [5, 5.41) is 2.90. The normalized spacial score (nSPS) is 10.9. The van der Waals surface area contributed by atoms with Crippen LogP contribution in [0, 0.1) is 5.82 Å². The van der Waals surface area contributed by atoms with Crippen molar-refractivity contribution in [3.05, 3.63) is 66.1 Å². The molecule has 1 amide bonds. The Kier molecular flexibility index (Phi) is 6.59. The molecule has 29 heavy (non-hydrogen) atoms. The number of pyridine rings is 1. The molecule has 0 aliphatic rings. The first-order chi connectivity index (χ1) is 14.0. The monoisotopic (exact) mass is 396 g/mol. The Balaban J connectivity index is 1.57. The van der Waals surface area contributed by atoms with Crippen LogP contribution in [-0.2, 0) is 6.54 Å². The number of nitrogens with zero attached hydrogens (tertiary/aromatic N) is 3. The van der Waals surface area contributed by atoms with Crippen molar-refractivity contribution in [2.24, 2.45) is 0 Å². The summed E-state index contributed by atoms with van der Waals surface area (Å²) in [6.07, 6.45) is 6.05. The van der Waals surface area contributed by atoms with Crippen LogP contribution in [-0.4, -0.2) is 34.1 Å². The summed E-state index contributed by atoms with van der Waals surface area (Å²) in [5.41, 5.74) is 1.54. The number of hydrogen-bond donors (Lipinski definition) is 1. The van der Waals surface area contributed by atoms with Gasteiger partial charge in [-0.05, 0) is 36.8 Å². The summed E-state index contributed by atoms with van der Waals surface area (Å²) in [5.74, 6) is 1.37. The van der Waals surface area contributed by atoms with Crippen molar-refractivity contribution in [1.29, 1.82) is 0 Å². The molecule has 0 fully saturated rings. The van der Waals surface area contributed by atoms with Gasteiger partial charge in [-0.25, -0.2) is 9.37 Å². The summed E-state index contributed by atoms with van der Waals surface area (Å²) < 4.78 is 20.9. The predicted octanol–water partition coefficient (Wildman–Crippen LogP) is 4.04. The lowest BCUT2D eigenvalue weighted by Gasteiger charge is -2.11. The van der Waals surface area contributed by atoms with Gasteiger partial charge in [0.15, 0.2) is 0 Å². The van der Waals surface area contributed by atoms with Gasteiger partial charge in [0.05, 0.1) is 18.4 Å². The average molecular weight is 396 g/mol. The van der Waals surface area contributed by atoms with Crippen molar-refractivity contribution in [2.75, 3.05) is 13.7 Å². The van der Waals surface area contributed by atoms with Gasteiger partial charge in [-0.3, -0.25) is 9.78 Å². The van der Waals surface area contributed by atoms with E-state index in [9.17, 15) is 9.18 Å². The maximum Gasteiger partial charge on any atom is 0.252 e. The van der Waals surface area contributed by atoms with Crippen molar-refractivity contribution in [1.82, 2.24) is 19.9 Å². The van der Waals surface area contributed by atoms with E-state index in [1.807, 2.05) is 6.20 Å². The molecule has 0 saturated heterocycles. The van der Waals surface area contributed by atoms with Gasteiger partial charge in [0, 0.05) is 43.2 Å². The van der Waals surface area contributed by atoms with E-state index in [1.54, 1.807) is 24.4 Å². The maximum atomic E-state index is 13.6. The van der Waals surface area contributed by atoms with E-state index in [0.717, 1.165) is 18.8 Å². The number of ether oxygens (including phenoxy) is 1. The van der Waals surface area contributed by atoms with Gasteiger partial charge in [-0.2, -0.15) is 0 Å². The van der Waals surface area contributed by atoms with Crippen LogP contribution in [0.25, 0.3) is 11.3 Å². The lowest BCUT2D eigenvalue weighted by Crippen LogP contribution is -2.25. The van der Waals surface area contributed by atoms with E-state index < -0.39 is 0 Å². The highest BCUT2D eigenvalue weighted by atomic mass is 19.1. The van der Waals surface area contributed by atoms with Gasteiger partial charge >= 0.3 is 0 Å². The topological polar surface area (TPSA) is 69.0 Å². The Labute approximate surface area is 169 Å². The van der Waals surface area contributed by atoms with Crippen molar-refractivity contribution in [3.63, 3.8) is 0 Å². The third-order valence-corrected chi connectivity index (χ3v) is 4.59. The molecule has 0 unspecified atom stereocenters. The number of nitrogens with one attached hydrogen (secondary N) is 1. The number of rotatable bonds is 8. The van der Waals surface area contributed by atoms with Crippen LogP contribution in [0.5, 0.6) is 5.75 Å². The number of carbonyl (C=O) groups excluding carboxylic acids is 1. The molecule has 2 aromatic heterocycles. The number of carbonyl (C=O) groups is 1. The van der Waals surface area contributed by atoms with E-state index in [0.29, 0.717) is 35.0 Å². The summed E-state index contributed by atoms with van der Waals surface area (Å²) in [7, 11) is 1.52. The van der Waals surface area contributed by atoms with E-state index >= 15 is 0 Å². The molecule has 1 aromatic carbocycles. The molecule has 0 atom stereocenters. The zero-order valence-corrected chi connectivity index (χ0v) is 16.9. The van der Waals surface area contributed by atoms with Crippen LogP contribution < -0.4 is 10.1 Å². The lowest BCUT2D eigenvalue weighted by molar-refractivity contribution is 0.0952. The lowest BCUT2D eigenvalue weighted by atomic mass is 10.1. The van der Waals surface area contributed by atoms with Crippen LogP contribution in [0.15, 0.2) is 48.9 Å². The number of amides is 1. The molecule has 0 radical (unpaired) electrons. The molecule has 0 aliphatic heterocycles. The van der Waals surface area contributed by atoms with E-state index in [-0.39, 0.29) is 11.7 Å². The molecular formula is C22H25FN4O2. The third-order valence-electron chi connectivity index (χ3n) is 4.59. The van der Waals surface area contributed by atoms with Crippen LogP contribution in [0.4, 0.5) is 4.39 Å². The number of aromatic nitrogens is 3. The molecule has 3 aromatic rings. The highest BCUT2D eigenvalue weighted by Gasteiger charge is 2.11. The minimum atomic E-state index is -0.372. The van der Waals surface area contributed by atoms with Gasteiger partial charge in [0.2, 0.25) is 0 Å². The van der Waals surface area contributed by atoms with Crippen molar-refractivity contribution >= 4 is 5.91 Å². The zero-order chi connectivity index (χ0) is 20.8. The average Bonchev–Trinajstić information content (AvgIpc) is 3.20. The Morgan fingerprint density at radius 1 is 1.24 bits per heavy atom.